The number of hydrogen-bond acceptors (Lipinski definition) is 4. The molecule has 3 heterocycles. The number of hydrogen-bond donors (Lipinski definition) is 0. The van der Waals surface area contributed by atoms with Crippen molar-refractivity contribution in [2.45, 2.75) is 52.1 Å². The zero-order valence-corrected chi connectivity index (χ0v) is 15.4. The number of carbonyl (C=O) groups is 1. The Kier molecular flexibility index (Phi) is 4.63. The first-order valence-corrected chi connectivity index (χ1v) is 9.60. The summed E-state index contributed by atoms with van der Waals surface area (Å²) in [4.78, 5) is 14.7. The Morgan fingerprint density at radius 3 is 2.68 bits per heavy atom. The molecule has 4 rings (SSSR count). The van der Waals surface area contributed by atoms with Crippen LogP contribution in [-0.2, 0) is 9.47 Å². The summed E-state index contributed by atoms with van der Waals surface area (Å²) in [5, 5.41) is 0. The number of rotatable bonds is 5. The highest BCUT2D eigenvalue weighted by molar-refractivity contribution is 5.95. The number of piperidine rings is 1. The average molecular weight is 347 g/mol. The second kappa shape index (κ2) is 6.76. The van der Waals surface area contributed by atoms with Crippen LogP contribution in [0.5, 0.6) is 0 Å². The summed E-state index contributed by atoms with van der Waals surface area (Å²) in [6.07, 6.45) is 6.01. The molecular weight excluding hydrogens is 318 g/mol. The lowest BCUT2D eigenvalue weighted by Crippen LogP contribution is -2.43. The maximum absolute atomic E-state index is 12.7. The fourth-order valence-corrected chi connectivity index (χ4v) is 4.20. The number of nitrogens with zero attached hydrogens (tertiary/aromatic N) is 1. The summed E-state index contributed by atoms with van der Waals surface area (Å²) in [5.74, 6) is 2.43. The van der Waals surface area contributed by atoms with Crippen molar-refractivity contribution in [1.29, 1.82) is 0 Å². The minimum atomic E-state index is 0.104. The molecule has 3 aliphatic rings. The lowest BCUT2D eigenvalue weighted by Gasteiger charge is -2.38. The van der Waals surface area contributed by atoms with Gasteiger partial charge in [0.25, 0.3) is 5.91 Å². The molecule has 0 radical (unpaired) electrons. The zero-order chi connectivity index (χ0) is 17.4. The highest BCUT2D eigenvalue weighted by atomic mass is 16.5. The maximum atomic E-state index is 12.7. The van der Waals surface area contributed by atoms with Crippen molar-refractivity contribution in [3.8, 4) is 0 Å². The Bertz CT molecular complexity index is 626. The Morgan fingerprint density at radius 2 is 2.04 bits per heavy atom. The second-order valence-electron chi connectivity index (χ2n) is 8.24. The first-order chi connectivity index (χ1) is 12.0. The van der Waals surface area contributed by atoms with Crippen LogP contribution in [0.2, 0.25) is 0 Å². The number of carbonyl (C=O) groups excluding carboxylic acids is 1. The van der Waals surface area contributed by atoms with Crippen molar-refractivity contribution in [2.75, 3.05) is 32.9 Å². The first kappa shape index (κ1) is 17.1. The SMILES string of the molecule is Cc1cc(C(=O)N2CCC3(CC2)CO[C@@H](COCC2CC2)C3)c(C)o1. The van der Waals surface area contributed by atoms with Crippen LogP contribution in [-0.4, -0.2) is 49.8 Å². The van der Waals surface area contributed by atoms with Gasteiger partial charge in [-0.1, -0.05) is 0 Å². The van der Waals surface area contributed by atoms with Gasteiger partial charge in [-0.05, 0) is 63.4 Å². The van der Waals surface area contributed by atoms with Crippen LogP contribution >= 0.6 is 0 Å². The molecule has 1 aliphatic carbocycles. The molecule has 0 unspecified atom stereocenters. The van der Waals surface area contributed by atoms with Crippen LogP contribution in [0.15, 0.2) is 10.5 Å². The van der Waals surface area contributed by atoms with Crippen molar-refractivity contribution >= 4 is 5.91 Å². The van der Waals surface area contributed by atoms with Gasteiger partial charge in [-0.15, -0.1) is 0 Å². The van der Waals surface area contributed by atoms with Crippen LogP contribution in [0.4, 0.5) is 0 Å². The van der Waals surface area contributed by atoms with Crippen molar-refractivity contribution in [2.24, 2.45) is 11.3 Å². The predicted octanol–water partition coefficient (Wildman–Crippen LogP) is 3.33. The van der Waals surface area contributed by atoms with Gasteiger partial charge >= 0.3 is 0 Å². The van der Waals surface area contributed by atoms with Gasteiger partial charge < -0.3 is 18.8 Å². The summed E-state index contributed by atoms with van der Waals surface area (Å²) in [7, 11) is 0. The average Bonchev–Trinajstić information content (AvgIpc) is 3.25. The van der Waals surface area contributed by atoms with E-state index in [1.807, 2.05) is 24.8 Å². The van der Waals surface area contributed by atoms with Gasteiger partial charge in [0.15, 0.2) is 0 Å². The van der Waals surface area contributed by atoms with E-state index in [-0.39, 0.29) is 17.4 Å². The van der Waals surface area contributed by atoms with Crippen LogP contribution in [0.3, 0.4) is 0 Å². The zero-order valence-electron chi connectivity index (χ0n) is 15.4. The molecule has 2 saturated heterocycles. The third-order valence-electron chi connectivity index (χ3n) is 6.02. The van der Waals surface area contributed by atoms with E-state index in [1.54, 1.807) is 0 Å². The van der Waals surface area contributed by atoms with E-state index in [0.717, 1.165) is 69.6 Å². The molecular formula is C20H29NO4. The third kappa shape index (κ3) is 3.77. The van der Waals surface area contributed by atoms with Crippen LogP contribution in [0.25, 0.3) is 0 Å². The fraction of sp³-hybridized carbons (Fsp3) is 0.750. The highest BCUT2D eigenvalue weighted by Gasteiger charge is 2.43. The fourth-order valence-electron chi connectivity index (χ4n) is 4.20. The molecule has 138 valence electrons. The topological polar surface area (TPSA) is 51.9 Å². The van der Waals surface area contributed by atoms with Gasteiger partial charge in [-0.25, -0.2) is 0 Å². The van der Waals surface area contributed by atoms with Crippen LogP contribution in [0.1, 0.15) is 54.0 Å². The Balaban J connectivity index is 1.27. The summed E-state index contributed by atoms with van der Waals surface area (Å²) in [5.41, 5.74) is 0.952. The maximum Gasteiger partial charge on any atom is 0.257 e. The molecule has 5 heteroatoms. The minimum absolute atomic E-state index is 0.104. The van der Waals surface area contributed by atoms with Crippen molar-refractivity contribution in [1.82, 2.24) is 4.90 Å². The predicted molar refractivity (Wildman–Crippen MR) is 93.7 cm³/mol. The van der Waals surface area contributed by atoms with Gasteiger partial charge in [-0.3, -0.25) is 4.79 Å². The molecule has 2 aliphatic heterocycles. The molecule has 1 aromatic heterocycles. The van der Waals surface area contributed by atoms with E-state index in [2.05, 4.69) is 0 Å². The van der Waals surface area contributed by atoms with E-state index in [9.17, 15) is 4.79 Å². The summed E-state index contributed by atoms with van der Waals surface area (Å²) >= 11 is 0. The smallest absolute Gasteiger partial charge is 0.257 e. The number of furan rings is 1. The van der Waals surface area contributed by atoms with E-state index in [1.165, 1.54) is 12.8 Å². The molecule has 1 amide bonds. The van der Waals surface area contributed by atoms with Crippen molar-refractivity contribution in [3.63, 3.8) is 0 Å². The molecule has 25 heavy (non-hydrogen) atoms. The molecule has 1 atom stereocenters. The Hall–Kier alpha value is -1.33. The van der Waals surface area contributed by atoms with Gasteiger partial charge in [-0.2, -0.15) is 0 Å². The molecule has 3 fully saturated rings. The molecule has 1 spiro atoms. The summed E-state index contributed by atoms with van der Waals surface area (Å²) < 4.78 is 17.3. The molecule has 5 nitrogen and oxygen atoms in total. The Morgan fingerprint density at radius 1 is 1.28 bits per heavy atom. The largest absolute Gasteiger partial charge is 0.466 e. The lowest BCUT2D eigenvalue weighted by atomic mass is 9.76. The second-order valence-corrected chi connectivity index (χ2v) is 8.24. The van der Waals surface area contributed by atoms with Gasteiger partial charge in [0.1, 0.15) is 11.5 Å². The minimum Gasteiger partial charge on any atom is -0.466 e. The molecule has 0 bridgehead atoms. The normalized spacial score (nSPS) is 25.7. The molecule has 1 saturated carbocycles. The number of likely N-dealkylation sites (tertiary alicyclic amines) is 1. The quantitative estimate of drug-likeness (QED) is 0.820. The van der Waals surface area contributed by atoms with E-state index < -0.39 is 0 Å². The summed E-state index contributed by atoms with van der Waals surface area (Å²) in [6.45, 7) is 7.81. The molecule has 0 N–H and O–H groups in total. The monoisotopic (exact) mass is 347 g/mol. The number of ether oxygens (including phenoxy) is 2. The summed E-state index contributed by atoms with van der Waals surface area (Å²) in [6, 6.07) is 1.86. The van der Waals surface area contributed by atoms with E-state index in [4.69, 9.17) is 13.9 Å². The number of amides is 1. The number of aryl methyl sites for hydroxylation is 2. The lowest BCUT2D eigenvalue weighted by molar-refractivity contribution is 0.00938. The van der Waals surface area contributed by atoms with Crippen molar-refractivity contribution < 1.29 is 18.7 Å². The standard InChI is InChI=1S/C20H29NO4/c1-14-9-18(15(2)25-14)19(22)21-7-5-20(6-8-21)10-17(24-13-20)12-23-11-16-3-4-16/h9,16-17H,3-8,10-13H2,1-2H3/t17-/m1/s1. The van der Waals surface area contributed by atoms with Gasteiger partial charge in [0.2, 0.25) is 0 Å². The first-order valence-electron chi connectivity index (χ1n) is 9.60. The molecule has 1 aromatic rings. The van der Waals surface area contributed by atoms with Crippen molar-refractivity contribution in [3.05, 3.63) is 23.2 Å². The molecule has 0 aromatic carbocycles. The van der Waals surface area contributed by atoms with Crippen LogP contribution in [0, 0.1) is 25.2 Å². The van der Waals surface area contributed by atoms with Gasteiger partial charge in [0, 0.05) is 19.7 Å². The van der Waals surface area contributed by atoms with Crippen LogP contribution < -0.4 is 0 Å². The Labute approximate surface area is 149 Å². The van der Waals surface area contributed by atoms with Gasteiger partial charge in [0.05, 0.1) is 24.9 Å². The van der Waals surface area contributed by atoms with E-state index in [0.29, 0.717) is 5.56 Å². The van der Waals surface area contributed by atoms with E-state index >= 15 is 0 Å². The third-order valence-corrected chi connectivity index (χ3v) is 6.02. The highest BCUT2D eigenvalue weighted by Crippen LogP contribution is 2.42.